The number of carbonyl (C=O) groups is 1. The minimum Gasteiger partial charge on any atom is -0.378 e. The van der Waals surface area contributed by atoms with Gasteiger partial charge in [-0.25, -0.2) is 9.97 Å². The second kappa shape index (κ2) is 12.9. The van der Waals surface area contributed by atoms with E-state index in [1.54, 1.807) is 12.0 Å². The first-order valence-corrected chi connectivity index (χ1v) is 14.7. The SMILES string of the molecule is C/C=C\COC1CC(c2nc(-c3ccc(-c4ccc(-c5cnc(C6CCCN6)[nH]5)cc4)cc3)c(COC)[nH]2)N(C=O)C1. The van der Waals surface area contributed by atoms with Crippen molar-refractivity contribution in [2.24, 2.45) is 0 Å². The summed E-state index contributed by atoms with van der Waals surface area (Å²) >= 11 is 0. The Balaban J connectivity index is 1.18. The molecule has 0 radical (unpaired) electrons. The van der Waals surface area contributed by atoms with Gasteiger partial charge in [-0.05, 0) is 43.0 Å². The molecule has 3 N–H and O–H groups in total. The standard InChI is InChI=1S/C33H38N6O3/c1-3-4-16-42-26-17-30(39(19-26)21-40)33-37-29(20-41-2)31(38-33)25-13-9-23(10-14-25)22-7-11-24(12-8-22)28-18-35-32(36-28)27-6-5-15-34-27/h3-4,7-14,18,21,26-27,30,34H,5-6,15-17,19-20H2,1-2H3,(H,35,36)(H,37,38)/b4-3-. The van der Waals surface area contributed by atoms with Crippen LogP contribution < -0.4 is 5.32 Å². The minimum atomic E-state index is -0.166. The fourth-order valence-electron chi connectivity index (χ4n) is 5.93. The molecular weight excluding hydrogens is 528 g/mol. The third-order valence-electron chi connectivity index (χ3n) is 8.17. The molecule has 2 saturated heterocycles. The maximum Gasteiger partial charge on any atom is 0.210 e. The Kier molecular flexibility index (Phi) is 8.60. The van der Waals surface area contributed by atoms with Gasteiger partial charge in [0.1, 0.15) is 11.6 Å². The van der Waals surface area contributed by atoms with E-state index >= 15 is 0 Å². The predicted molar refractivity (Wildman–Crippen MR) is 162 cm³/mol. The van der Waals surface area contributed by atoms with Crippen molar-refractivity contribution in [3.05, 3.63) is 84.2 Å². The number of allylic oxidation sites excluding steroid dienone is 1. The lowest BCUT2D eigenvalue weighted by Gasteiger charge is -2.16. The molecule has 9 heteroatoms. The molecule has 0 bridgehead atoms. The molecule has 42 heavy (non-hydrogen) atoms. The molecule has 2 aromatic carbocycles. The highest BCUT2D eigenvalue weighted by Gasteiger charge is 2.35. The second-order valence-corrected chi connectivity index (χ2v) is 10.9. The zero-order chi connectivity index (χ0) is 28.9. The summed E-state index contributed by atoms with van der Waals surface area (Å²) in [5.74, 6) is 1.77. The zero-order valence-electron chi connectivity index (χ0n) is 24.2. The van der Waals surface area contributed by atoms with Crippen molar-refractivity contribution < 1.29 is 14.3 Å². The van der Waals surface area contributed by atoms with Gasteiger partial charge in [-0.3, -0.25) is 4.79 Å². The van der Waals surface area contributed by atoms with Gasteiger partial charge in [0, 0.05) is 25.6 Å². The van der Waals surface area contributed by atoms with Crippen molar-refractivity contribution in [1.29, 1.82) is 0 Å². The van der Waals surface area contributed by atoms with Gasteiger partial charge in [-0.1, -0.05) is 60.7 Å². The third-order valence-corrected chi connectivity index (χ3v) is 8.17. The number of likely N-dealkylation sites (tertiary alicyclic amines) is 1. The van der Waals surface area contributed by atoms with Gasteiger partial charge in [0.25, 0.3) is 0 Å². The number of hydrogen-bond acceptors (Lipinski definition) is 6. The monoisotopic (exact) mass is 566 g/mol. The van der Waals surface area contributed by atoms with Crippen LogP contribution in [-0.4, -0.2) is 64.2 Å². The Morgan fingerprint density at radius 2 is 1.74 bits per heavy atom. The van der Waals surface area contributed by atoms with Crippen molar-refractivity contribution in [2.75, 3.05) is 26.8 Å². The highest BCUT2D eigenvalue weighted by molar-refractivity contribution is 5.72. The molecule has 2 aliphatic rings. The van der Waals surface area contributed by atoms with Gasteiger partial charge in [0.05, 0.1) is 54.7 Å². The van der Waals surface area contributed by atoms with E-state index in [0.717, 1.165) is 70.4 Å². The van der Waals surface area contributed by atoms with Gasteiger partial charge in [0.2, 0.25) is 6.41 Å². The molecule has 0 aliphatic carbocycles. The molecule has 9 nitrogen and oxygen atoms in total. The number of ether oxygens (including phenoxy) is 2. The fourth-order valence-corrected chi connectivity index (χ4v) is 5.93. The van der Waals surface area contributed by atoms with Crippen LogP contribution >= 0.6 is 0 Å². The lowest BCUT2D eigenvalue weighted by Crippen LogP contribution is -2.24. The van der Waals surface area contributed by atoms with E-state index in [-0.39, 0.29) is 12.1 Å². The van der Waals surface area contributed by atoms with E-state index in [1.807, 2.05) is 25.3 Å². The number of aromatic nitrogens is 4. The molecule has 0 saturated carbocycles. The van der Waals surface area contributed by atoms with Gasteiger partial charge in [0.15, 0.2) is 0 Å². The van der Waals surface area contributed by atoms with E-state index in [9.17, 15) is 4.79 Å². The van der Waals surface area contributed by atoms with Gasteiger partial charge in [-0.15, -0.1) is 0 Å². The maximum atomic E-state index is 11.9. The summed E-state index contributed by atoms with van der Waals surface area (Å²) in [5, 5.41) is 3.49. The molecule has 218 valence electrons. The summed E-state index contributed by atoms with van der Waals surface area (Å²) in [5.41, 5.74) is 7.13. The summed E-state index contributed by atoms with van der Waals surface area (Å²) in [6, 6.07) is 17.1. The Morgan fingerprint density at radius 3 is 2.40 bits per heavy atom. The number of carbonyl (C=O) groups excluding carboxylic acids is 1. The first kappa shape index (κ1) is 28.1. The van der Waals surface area contributed by atoms with Crippen molar-refractivity contribution in [1.82, 2.24) is 30.2 Å². The van der Waals surface area contributed by atoms with E-state index in [2.05, 4.69) is 68.8 Å². The van der Waals surface area contributed by atoms with Crippen LogP contribution in [-0.2, 0) is 20.9 Å². The summed E-state index contributed by atoms with van der Waals surface area (Å²) < 4.78 is 11.4. The van der Waals surface area contributed by atoms with Crippen molar-refractivity contribution in [3.63, 3.8) is 0 Å². The van der Waals surface area contributed by atoms with E-state index < -0.39 is 0 Å². The predicted octanol–water partition coefficient (Wildman–Crippen LogP) is 5.57. The van der Waals surface area contributed by atoms with Crippen LogP contribution in [0.5, 0.6) is 0 Å². The van der Waals surface area contributed by atoms with Crippen molar-refractivity contribution >= 4 is 6.41 Å². The first-order valence-electron chi connectivity index (χ1n) is 14.7. The molecule has 6 rings (SSSR count). The number of amides is 1. The van der Waals surface area contributed by atoms with Crippen LogP contribution in [0, 0.1) is 0 Å². The van der Waals surface area contributed by atoms with Gasteiger partial charge >= 0.3 is 0 Å². The van der Waals surface area contributed by atoms with Crippen LogP contribution in [0.15, 0.2) is 66.9 Å². The van der Waals surface area contributed by atoms with Crippen molar-refractivity contribution in [3.8, 4) is 33.6 Å². The van der Waals surface area contributed by atoms with Crippen LogP contribution in [0.25, 0.3) is 33.6 Å². The van der Waals surface area contributed by atoms with Crippen LogP contribution in [0.3, 0.4) is 0 Å². The molecule has 1 amide bonds. The number of nitrogens with one attached hydrogen (secondary N) is 3. The second-order valence-electron chi connectivity index (χ2n) is 10.9. The molecule has 4 heterocycles. The van der Waals surface area contributed by atoms with Crippen molar-refractivity contribution in [2.45, 2.75) is 51.0 Å². The summed E-state index contributed by atoms with van der Waals surface area (Å²) in [4.78, 5) is 30.1. The quantitative estimate of drug-likeness (QED) is 0.162. The number of aromatic amines is 2. The molecule has 3 atom stereocenters. The average molecular weight is 567 g/mol. The number of methoxy groups -OCH3 is 1. The number of rotatable bonds is 11. The molecule has 0 spiro atoms. The summed E-state index contributed by atoms with van der Waals surface area (Å²) in [6.45, 7) is 4.50. The highest BCUT2D eigenvalue weighted by atomic mass is 16.5. The number of hydrogen-bond donors (Lipinski definition) is 3. The Labute approximate surface area is 246 Å². The van der Waals surface area contributed by atoms with Crippen LogP contribution in [0.4, 0.5) is 0 Å². The smallest absolute Gasteiger partial charge is 0.210 e. The van der Waals surface area contributed by atoms with E-state index in [1.165, 1.54) is 6.42 Å². The van der Waals surface area contributed by atoms with E-state index in [0.29, 0.717) is 32.2 Å². The first-order chi connectivity index (χ1) is 20.7. The van der Waals surface area contributed by atoms with Crippen LogP contribution in [0.2, 0.25) is 0 Å². The third kappa shape index (κ3) is 5.94. The molecule has 4 aromatic rings. The Morgan fingerprint density at radius 1 is 1.00 bits per heavy atom. The van der Waals surface area contributed by atoms with Gasteiger partial charge < -0.3 is 29.7 Å². The van der Waals surface area contributed by atoms with Crippen LogP contribution in [0.1, 0.15) is 55.6 Å². The average Bonchev–Trinajstić information content (AvgIpc) is 3.84. The number of H-pyrrole nitrogens is 2. The lowest BCUT2D eigenvalue weighted by molar-refractivity contribution is -0.119. The normalized spacial score (nSPS) is 20.6. The molecule has 2 aromatic heterocycles. The Hall–Kier alpha value is -4.05. The molecular formula is C33H38N6O3. The molecule has 2 fully saturated rings. The number of imidazole rings is 2. The highest BCUT2D eigenvalue weighted by Crippen LogP contribution is 2.34. The maximum absolute atomic E-state index is 11.9. The fraction of sp³-hybridized carbons (Fsp3) is 0.364. The molecule has 2 aliphatic heterocycles. The summed E-state index contributed by atoms with van der Waals surface area (Å²) in [7, 11) is 1.67. The minimum absolute atomic E-state index is 0.0267. The van der Waals surface area contributed by atoms with E-state index in [4.69, 9.17) is 14.5 Å². The topological polar surface area (TPSA) is 108 Å². The zero-order valence-corrected chi connectivity index (χ0v) is 24.2. The summed E-state index contributed by atoms with van der Waals surface area (Å²) in [6.07, 6.45) is 9.73. The lowest BCUT2D eigenvalue weighted by atomic mass is 10.0. The Bertz CT molecular complexity index is 1500. The largest absolute Gasteiger partial charge is 0.378 e. The molecule has 3 unspecified atom stereocenters. The number of nitrogens with zero attached hydrogens (tertiary/aromatic N) is 3. The van der Waals surface area contributed by atoms with Gasteiger partial charge in [-0.2, -0.15) is 0 Å². The number of benzene rings is 2.